The number of hydrogen-bond acceptors (Lipinski definition) is 3. The van der Waals surface area contributed by atoms with Gasteiger partial charge in [0, 0.05) is 11.8 Å². The molecule has 0 aliphatic heterocycles. The minimum absolute atomic E-state index is 0.263. The molecule has 3 nitrogen and oxygen atoms in total. The fourth-order valence-corrected chi connectivity index (χ4v) is 1.58. The predicted molar refractivity (Wildman–Crippen MR) is 61.6 cm³/mol. The molecule has 0 amide bonds. The zero-order chi connectivity index (χ0) is 12.3. The molecular formula is C13H10FNO2. The average Bonchev–Trinajstić information content (AvgIpc) is 2.38. The number of ether oxygens (including phenoxy) is 1. The highest BCUT2D eigenvalue weighted by atomic mass is 19.1. The van der Waals surface area contributed by atoms with Crippen LogP contribution in [0.2, 0.25) is 0 Å². The van der Waals surface area contributed by atoms with Crippen LogP contribution in [-0.4, -0.2) is 18.4 Å². The van der Waals surface area contributed by atoms with Crippen molar-refractivity contribution in [1.29, 1.82) is 0 Å². The van der Waals surface area contributed by atoms with Crippen molar-refractivity contribution in [3.8, 4) is 17.0 Å². The number of benzene rings is 1. The van der Waals surface area contributed by atoms with Gasteiger partial charge in [0.05, 0.1) is 18.4 Å². The van der Waals surface area contributed by atoms with Crippen LogP contribution in [0.5, 0.6) is 5.75 Å². The van der Waals surface area contributed by atoms with Crippen LogP contribution < -0.4 is 4.74 Å². The summed E-state index contributed by atoms with van der Waals surface area (Å²) in [7, 11) is 1.46. The predicted octanol–water partition coefficient (Wildman–Crippen LogP) is 2.71. The molecule has 0 spiro atoms. The third-order valence-corrected chi connectivity index (χ3v) is 2.37. The summed E-state index contributed by atoms with van der Waals surface area (Å²) in [6.45, 7) is 0. The van der Waals surface area contributed by atoms with E-state index < -0.39 is 5.82 Å². The van der Waals surface area contributed by atoms with Crippen molar-refractivity contribution in [1.82, 2.24) is 4.98 Å². The Hall–Kier alpha value is -2.23. The van der Waals surface area contributed by atoms with E-state index in [0.29, 0.717) is 23.3 Å². The minimum atomic E-state index is -0.431. The molecule has 0 N–H and O–H groups in total. The number of aldehydes is 1. The van der Waals surface area contributed by atoms with Crippen molar-refractivity contribution in [3.05, 3.63) is 47.9 Å². The molecule has 0 radical (unpaired) electrons. The Morgan fingerprint density at radius 2 is 2.18 bits per heavy atom. The Labute approximate surface area is 97.9 Å². The minimum Gasteiger partial charge on any atom is -0.496 e. The molecule has 1 aromatic heterocycles. The Kier molecular flexibility index (Phi) is 3.14. The second-order valence-electron chi connectivity index (χ2n) is 3.41. The van der Waals surface area contributed by atoms with E-state index in [2.05, 4.69) is 4.98 Å². The van der Waals surface area contributed by atoms with Crippen LogP contribution in [-0.2, 0) is 0 Å². The molecule has 0 aliphatic carbocycles. The number of methoxy groups -OCH3 is 1. The fourth-order valence-electron chi connectivity index (χ4n) is 1.58. The number of halogens is 1. The third kappa shape index (κ3) is 2.15. The first-order chi connectivity index (χ1) is 8.26. The van der Waals surface area contributed by atoms with Gasteiger partial charge in [-0.2, -0.15) is 0 Å². The van der Waals surface area contributed by atoms with Crippen molar-refractivity contribution >= 4 is 6.29 Å². The summed E-state index contributed by atoms with van der Waals surface area (Å²) in [5.41, 5.74) is 1.09. The first-order valence-corrected chi connectivity index (χ1v) is 5.00. The van der Waals surface area contributed by atoms with Gasteiger partial charge in [0.1, 0.15) is 17.9 Å². The highest BCUT2D eigenvalue weighted by molar-refractivity contribution is 5.78. The summed E-state index contributed by atoms with van der Waals surface area (Å²) in [6.07, 6.45) is 2.16. The van der Waals surface area contributed by atoms with Gasteiger partial charge in [-0.05, 0) is 24.3 Å². The molecule has 17 heavy (non-hydrogen) atoms. The van der Waals surface area contributed by atoms with E-state index >= 15 is 0 Å². The summed E-state index contributed by atoms with van der Waals surface area (Å²) in [6, 6.07) is 7.61. The largest absolute Gasteiger partial charge is 0.496 e. The Bertz CT molecular complexity index is 555. The lowest BCUT2D eigenvalue weighted by molar-refractivity contribution is 0.112. The molecule has 0 bridgehead atoms. The molecule has 2 rings (SSSR count). The van der Waals surface area contributed by atoms with Crippen LogP contribution in [0.1, 0.15) is 10.4 Å². The molecule has 2 aromatic rings. The molecule has 0 aliphatic rings. The number of carbonyl (C=O) groups excluding carboxylic acids is 1. The zero-order valence-electron chi connectivity index (χ0n) is 9.18. The van der Waals surface area contributed by atoms with E-state index in [1.165, 1.54) is 25.4 Å². The van der Waals surface area contributed by atoms with Crippen LogP contribution in [0.25, 0.3) is 11.3 Å². The molecule has 0 unspecified atom stereocenters. The van der Waals surface area contributed by atoms with Crippen LogP contribution in [0.15, 0.2) is 36.5 Å². The Morgan fingerprint density at radius 3 is 2.88 bits per heavy atom. The molecule has 0 fully saturated rings. The van der Waals surface area contributed by atoms with Crippen molar-refractivity contribution in [3.63, 3.8) is 0 Å². The van der Waals surface area contributed by atoms with E-state index in [4.69, 9.17) is 4.74 Å². The maximum absolute atomic E-state index is 13.8. The molecular weight excluding hydrogens is 221 g/mol. The van der Waals surface area contributed by atoms with Gasteiger partial charge >= 0.3 is 0 Å². The number of rotatable bonds is 3. The smallest absolute Gasteiger partial charge is 0.150 e. The van der Waals surface area contributed by atoms with Gasteiger partial charge in [0.25, 0.3) is 0 Å². The maximum Gasteiger partial charge on any atom is 0.150 e. The lowest BCUT2D eigenvalue weighted by Crippen LogP contribution is -1.94. The first-order valence-electron chi connectivity index (χ1n) is 5.00. The topological polar surface area (TPSA) is 39.2 Å². The van der Waals surface area contributed by atoms with Crippen molar-refractivity contribution in [2.75, 3.05) is 7.11 Å². The number of aromatic nitrogens is 1. The van der Waals surface area contributed by atoms with Gasteiger partial charge in [-0.3, -0.25) is 9.78 Å². The van der Waals surface area contributed by atoms with E-state index in [-0.39, 0.29) is 5.56 Å². The normalized spacial score (nSPS) is 10.0. The summed E-state index contributed by atoms with van der Waals surface area (Å²) in [5, 5.41) is 0. The summed E-state index contributed by atoms with van der Waals surface area (Å²) in [4.78, 5) is 14.7. The lowest BCUT2D eigenvalue weighted by Gasteiger charge is -2.08. The van der Waals surface area contributed by atoms with E-state index in [1.807, 2.05) is 0 Å². The van der Waals surface area contributed by atoms with Gasteiger partial charge in [0.15, 0.2) is 0 Å². The second kappa shape index (κ2) is 4.74. The Morgan fingerprint density at radius 1 is 1.35 bits per heavy atom. The molecule has 0 atom stereocenters. The maximum atomic E-state index is 13.8. The van der Waals surface area contributed by atoms with Crippen LogP contribution in [0.4, 0.5) is 4.39 Å². The number of hydrogen-bond donors (Lipinski definition) is 0. The number of nitrogens with zero attached hydrogens (tertiary/aromatic N) is 1. The summed E-state index contributed by atoms with van der Waals surface area (Å²) in [5.74, 6) is -0.0413. The van der Waals surface area contributed by atoms with Crippen LogP contribution >= 0.6 is 0 Å². The molecule has 0 saturated heterocycles. The summed E-state index contributed by atoms with van der Waals surface area (Å²) >= 11 is 0. The van der Waals surface area contributed by atoms with Gasteiger partial charge in [0.2, 0.25) is 0 Å². The zero-order valence-corrected chi connectivity index (χ0v) is 9.18. The molecule has 86 valence electrons. The average molecular weight is 231 g/mol. The van der Waals surface area contributed by atoms with Crippen molar-refractivity contribution in [2.24, 2.45) is 0 Å². The fraction of sp³-hybridized carbons (Fsp3) is 0.0769. The van der Waals surface area contributed by atoms with Gasteiger partial charge in [-0.15, -0.1) is 0 Å². The molecule has 1 aromatic carbocycles. The SMILES string of the molecule is COc1cccc(F)c1-c1cc(C=O)ccn1. The monoisotopic (exact) mass is 231 g/mol. The third-order valence-electron chi connectivity index (χ3n) is 2.37. The van der Waals surface area contributed by atoms with Crippen molar-refractivity contribution < 1.29 is 13.9 Å². The van der Waals surface area contributed by atoms with Gasteiger partial charge in [-0.1, -0.05) is 6.07 Å². The Balaban J connectivity index is 2.62. The van der Waals surface area contributed by atoms with Crippen molar-refractivity contribution in [2.45, 2.75) is 0 Å². The lowest BCUT2D eigenvalue weighted by atomic mass is 10.1. The molecule has 4 heteroatoms. The number of carbonyl (C=O) groups is 1. The van der Waals surface area contributed by atoms with Gasteiger partial charge < -0.3 is 4.74 Å². The highest BCUT2D eigenvalue weighted by Gasteiger charge is 2.12. The first kappa shape index (κ1) is 11.3. The van der Waals surface area contributed by atoms with E-state index in [9.17, 15) is 9.18 Å². The number of pyridine rings is 1. The van der Waals surface area contributed by atoms with Gasteiger partial charge in [-0.25, -0.2) is 4.39 Å². The van der Waals surface area contributed by atoms with Crippen LogP contribution in [0, 0.1) is 5.82 Å². The molecule has 1 heterocycles. The highest BCUT2D eigenvalue weighted by Crippen LogP contribution is 2.31. The second-order valence-corrected chi connectivity index (χ2v) is 3.41. The van der Waals surface area contributed by atoms with E-state index in [1.54, 1.807) is 18.2 Å². The van der Waals surface area contributed by atoms with E-state index in [0.717, 1.165) is 0 Å². The standard InChI is InChI=1S/C13H10FNO2/c1-17-12-4-2-3-10(14)13(12)11-7-9(8-16)5-6-15-11/h2-8H,1H3. The molecule has 0 saturated carbocycles. The quantitative estimate of drug-likeness (QED) is 0.762. The van der Waals surface area contributed by atoms with Crippen LogP contribution in [0.3, 0.4) is 0 Å². The summed E-state index contributed by atoms with van der Waals surface area (Å²) < 4.78 is 18.8.